The molecule has 0 saturated heterocycles. The van der Waals surface area contributed by atoms with Crippen LogP contribution in [0.25, 0.3) is 0 Å². The van der Waals surface area contributed by atoms with Crippen LogP contribution >= 0.6 is 11.6 Å². The van der Waals surface area contributed by atoms with Gasteiger partial charge >= 0.3 is 0 Å². The average Bonchev–Trinajstić information content (AvgIpc) is 2.63. The quantitative estimate of drug-likeness (QED) is 0.624. The van der Waals surface area contributed by atoms with Gasteiger partial charge in [-0.1, -0.05) is 11.6 Å². The van der Waals surface area contributed by atoms with Gasteiger partial charge in [0.05, 0.1) is 22.8 Å². The second-order valence-corrected chi connectivity index (χ2v) is 6.00. The van der Waals surface area contributed by atoms with E-state index in [0.29, 0.717) is 10.7 Å². The molecule has 1 aliphatic heterocycles. The molecule has 0 N–H and O–H groups in total. The first-order valence-electron chi connectivity index (χ1n) is 4.81. The molecule has 0 fully saturated rings. The Bertz CT molecular complexity index is 553. The fraction of sp³-hybridized carbons (Fsp3) is 0.200. The fourth-order valence-electron chi connectivity index (χ4n) is 1.60. The maximum Gasteiger partial charge on any atom is 0.173 e. The Hall–Kier alpha value is -1.40. The van der Waals surface area contributed by atoms with Crippen LogP contribution in [0.1, 0.15) is 0 Å². The van der Waals surface area contributed by atoms with Crippen molar-refractivity contribution >= 4 is 27.1 Å². The maximum atomic E-state index is 11.3. The molecule has 0 amide bonds. The summed E-state index contributed by atoms with van der Waals surface area (Å²) in [4.78, 5) is 10.8. The second-order valence-electron chi connectivity index (χ2n) is 3.63. The number of hydrogen-bond donors (Lipinski definition) is 0. The van der Waals surface area contributed by atoms with Crippen LogP contribution in [0.4, 0.5) is 5.69 Å². The zero-order valence-electron chi connectivity index (χ0n) is 8.65. The highest BCUT2D eigenvalue weighted by atomic mass is 35.5. The molecule has 0 saturated carbocycles. The first kappa shape index (κ1) is 12.1. The number of halogens is 1. The SMILES string of the molecule is O=NN(c1ccc(Cl)cc1)C1C=CS(=O)(=O)C1. The highest BCUT2D eigenvalue weighted by molar-refractivity contribution is 7.94. The van der Waals surface area contributed by atoms with Crippen molar-refractivity contribution in [2.45, 2.75) is 6.04 Å². The lowest BCUT2D eigenvalue weighted by Crippen LogP contribution is -2.31. The van der Waals surface area contributed by atoms with Crippen molar-refractivity contribution in [2.24, 2.45) is 5.29 Å². The summed E-state index contributed by atoms with van der Waals surface area (Å²) in [7, 11) is -3.21. The van der Waals surface area contributed by atoms with Crippen molar-refractivity contribution < 1.29 is 8.42 Å². The topological polar surface area (TPSA) is 66.8 Å². The van der Waals surface area contributed by atoms with E-state index in [2.05, 4.69) is 5.29 Å². The monoisotopic (exact) mass is 272 g/mol. The minimum atomic E-state index is -3.21. The molecule has 5 nitrogen and oxygen atoms in total. The summed E-state index contributed by atoms with van der Waals surface area (Å²) < 4.78 is 22.5. The van der Waals surface area contributed by atoms with Crippen LogP contribution in [0, 0.1) is 4.91 Å². The van der Waals surface area contributed by atoms with Crippen molar-refractivity contribution in [3.63, 3.8) is 0 Å². The van der Waals surface area contributed by atoms with Crippen molar-refractivity contribution in [3.05, 3.63) is 45.7 Å². The smallest absolute Gasteiger partial charge is 0.173 e. The van der Waals surface area contributed by atoms with Crippen LogP contribution in [0.2, 0.25) is 5.02 Å². The van der Waals surface area contributed by atoms with Gasteiger partial charge in [0.15, 0.2) is 9.84 Å². The van der Waals surface area contributed by atoms with E-state index in [-0.39, 0.29) is 5.75 Å². The Labute approximate surface area is 104 Å². The molecular weight excluding hydrogens is 264 g/mol. The zero-order chi connectivity index (χ0) is 12.5. The van der Waals surface area contributed by atoms with Gasteiger partial charge in [-0.2, -0.15) is 0 Å². The predicted octanol–water partition coefficient (Wildman–Crippen LogP) is 2.14. The van der Waals surface area contributed by atoms with Gasteiger partial charge in [-0.3, -0.25) is 0 Å². The molecule has 0 bridgehead atoms. The number of rotatable bonds is 3. The Balaban J connectivity index is 2.27. The van der Waals surface area contributed by atoms with Gasteiger partial charge in [-0.05, 0) is 30.3 Å². The summed E-state index contributed by atoms with van der Waals surface area (Å²) in [5.74, 6) is -0.138. The zero-order valence-corrected chi connectivity index (χ0v) is 10.2. The number of sulfone groups is 1. The van der Waals surface area contributed by atoms with Crippen LogP contribution in [0.3, 0.4) is 0 Å². The number of anilines is 1. The fourth-order valence-corrected chi connectivity index (χ4v) is 2.99. The van der Waals surface area contributed by atoms with Crippen LogP contribution < -0.4 is 5.01 Å². The van der Waals surface area contributed by atoms with Crippen LogP contribution in [-0.2, 0) is 9.84 Å². The lowest BCUT2D eigenvalue weighted by molar-refractivity contribution is 0.602. The largest absolute Gasteiger partial charge is 0.224 e. The molecule has 1 unspecified atom stereocenters. The second kappa shape index (κ2) is 4.46. The van der Waals surface area contributed by atoms with Crippen molar-refractivity contribution in [3.8, 4) is 0 Å². The van der Waals surface area contributed by atoms with E-state index < -0.39 is 15.9 Å². The first-order valence-corrected chi connectivity index (χ1v) is 6.90. The number of benzene rings is 1. The molecule has 1 heterocycles. The number of nitrogens with zero attached hydrogens (tertiary/aromatic N) is 2. The molecule has 0 aromatic heterocycles. The Morgan fingerprint density at radius 3 is 2.41 bits per heavy atom. The molecule has 17 heavy (non-hydrogen) atoms. The normalized spacial score (nSPS) is 21.4. The summed E-state index contributed by atoms with van der Waals surface area (Å²) in [5, 5.41) is 5.62. The van der Waals surface area contributed by atoms with Crippen molar-refractivity contribution in [1.82, 2.24) is 0 Å². The van der Waals surface area contributed by atoms with E-state index >= 15 is 0 Å². The summed E-state index contributed by atoms with van der Waals surface area (Å²) >= 11 is 5.73. The van der Waals surface area contributed by atoms with Crippen molar-refractivity contribution in [2.75, 3.05) is 10.8 Å². The molecule has 1 aromatic carbocycles. The molecule has 1 aliphatic rings. The molecule has 1 atom stereocenters. The van der Waals surface area contributed by atoms with Crippen molar-refractivity contribution in [1.29, 1.82) is 0 Å². The predicted molar refractivity (Wildman–Crippen MR) is 66.4 cm³/mol. The first-order chi connectivity index (χ1) is 8.02. The lowest BCUT2D eigenvalue weighted by Gasteiger charge is -2.20. The summed E-state index contributed by atoms with van der Waals surface area (Å²) in [5.41, 5.74) is 0.510. The van der Waals surface area contributed by atoms with Gasteiger partial charge in [0, 0.05) is 10.4 Å². The van der Waals surface area contributed by atoms with Gasteiger partial charge in [-0.25, -0.2) is 13.4 Å². The van der Waals surface area contributed by atoms with Gasteiger partial charge in [-0.15, -0.1) is 4.91 Å². The number of hydrogen-bond acceptors (Lipinski definition) is 4. The molecular formula is C10H9ClN2O3S. The van der Waals surface area contributed by atoms with Gasteiger partial charge < -0.3 is 0 Å². The number of nitroso groups, excluding NO2 is 1. The minimum Gasteiger partial charge on any atom is -0.224 e. The van der Waals surface area contributed by atoms with E-state index in [1.165, 1.54) is 6.08 Å². The van der Waals surface area contributed by atoms with E-state index in [4.69, 9.17) is 11.6 Å². The van der Waals surface area contributed by atoms with Crippen LogP contribution in [0.5, 0.6) is 0 Å². The molecule has 2 rings (SSSR count). The van der Waals surface area contributed by atoms with Crippen LogP contribution in [0.15, 0.2) is 41.0 Å². The Morgan fingerprint density at radius 2 is 1.94 bits per heavy atom. The molecule has 7 heteroatoms. The summed E-state index contributed by atoms with van der Waals surface area (Å²) in [6.45, 7) is 0. The van der Waals surface area contributed by atoms with Gasteiger partial charge in [0.1, 0.15) is 0 Å². The van der Waals surface area contributed by atoms with E-state index in [1.807, 2.05) is 0 Å². The van der Waals surface area contributed by atoms with Gasteiger partial charge in [0.25, 0.3) is 0 Å². The summed E-state index contributed by atoms with van der Waals surface area (Å²) in [6, 6.07) is 5.90. The van der Waals surface area contributed by atoms with E-state index in [1.54, 1.807) is 24.3 Å². The van der Waals surface area contributed by atoms with Gasteiger partial charge in [0.2, 0.25) is 0 Å². The Kier molecular flexibility index (Phi) is 3.17. The molecule has 0 aliphatic carbocycles. The lowest BCUT2D eigenvalue weighted by atomic mass is 10.2. The molecule has 1 aromatic rings. The molecule has 90 valence electrons. The highest BCUT2D eigenvalue weighted by Gasteiger charge is 2.28. The van der Waals surface area contributed by atoms with E-state index in [9.17, 15) is 13.3 Å². The minimum absolute atomic E-state index is 0.138. The average molecular weight is 273 g/mol. The summed E-state index contributed by atoms with van der Waals surface area (Å²) in [6.07, 6.45) is 1.45. The third-order valence-corrected chi connectivity index (χ3v) is 4.03. The highest BCUT2D eigenvalue weighted by Crippen LogP contribution is 2.24. The molecule has 0 spiro atoms. The standard InChI is InChI=1S/C10H9ClN2O3S/c11-8-1-3-9(4-2-8)13(12-14)10-5-6-17(15,16)7-10/h1-6,10H,7H2. The molecule has 0 radical (unpaired) electrons. The van der Waals surface area contributed by atoms with Crippen LogP contribution in [-0.4, -0.2) is 20.2 Å². The third kappa shape index (κ3) is 2.65. The van der Waals surface area contributed by atoms with E-state index in [0.717, 1.165) is 10.4 Å². The third-order valence-electron chi connectivity index (χ3n) is 2.40. The maximum absolute atomic E-state index is 11.3. The Morgan fingerprint density at radius 1 is 1.29 bits per heavy atom.